The molecule has 1 atom stereocenters. The van der Waals surface area contributed by atoms with Gasteiger partial charge in [0.1, 0.15) is 17.6 Å². The number of likely N-dealkylation sites (tertiary alicyclic amines) is 1. The Bertz CT molecular complexity index is 904. The van der Waals surface area contributed by atoms with Crippen molar-refractivity contribution >= 4 is 11.8 Å². The molecular weight excluding hydrogens is 353 g/mol. The zero-order valence-corrected chi connectivity index (χ0v) is 15.1. The first-order valence-corrected chi connectivity index (χ1v) is 8.85. The summed E-state index contributed by atoms with van der Waals surface area (Å²) in [6, 6.07) is 4.34. The van der Waals surface area contributed by atoms with Crippen LogP contribution in [0.2, 0.25) is 0 Å². The zero-order valence-electron chi connectivity index (χ0n) is 15.1. The van der Waals surface area contributed by atoms with E-state index in [-0.39, 0.29) is 23.3 Å². The van der Waals surface area contributed by atoms with E-state index in [1.807, 2.05) is 0 Å². The summed E-state index contributed by atoms with van der Waals surface area (Å²) in [6.07, 6.45) is 2.13. The molecule has 2 amide bonds. The van der Waals surface area contributed by atoms with Crippen LogP contribution in [0.25, 0.3) is 5.69 Å². The molecule has 1 spiro atoms. The van der Waals surface area contributed by atoms with Gasteiger partial charge in [0.15, 0.2) is 5.69 Å². The second-order valence-corrected chi connectivity index (χ2v) is 7.01. The van der Waals surface area contributed by atoms with Gasteiger partial charge in [-0.2, -0.15) is 0 Å². The number of halogens is 1. The molecule has 0 saturated carbocycles. The summed E-state index contributed by atoms with van der Waals surface area (Å²) in [5.74, 6) is -0.675. The van der Waals surface area contributed by atoms with Crippen LogP contribution in [0.5, 0.6) is 0 Å². The summed E-state index contributed by atoms with van der Waals surface area (Å²) in [5.41, 5.74) is 0.911. The molecule has 2 fully saturated rings. The number of benzene rings is 1. The average molecular weight is 373 g/mol. The lowest BCUT2D eigenvalue weighted by Gasteiger charge is -2.38. The number of ether oxygens (including phenoxy) is 1. The van der Waals surface area contributed by atoms with E-state index >= 15 is 0 Å². The number of carbonyl (C=O) groups excluding carboxylic acids is 2. The summed E-state index contributed by atoms with van der Waals surface area (Å²) in [4.78, 5) is 26.1. The predicted octanol–water partition coefficient (Wildman–Crippen LogP) is 1.18. The molecule has 27 heavy (non-hydrogen) atoms. The fourth-order valence-electron chi connectivity index (χ4n) is 3.58. The van der Waals surface area contributed by atoms with E-state index in [1.54, 1.807) is 31.0 Å². The standard InChI is InChI=1S/C18H20FN5O3/c1-11-9-13(19)3-4-15(11)24-10-14(21-22-24)17(26)23-7-5-18(6-8-23)20-16(25)12(2)27-18/h3-4,9-10,12H,5-8H2,1-2H3,(H,20,25). The van der Waals surface area contributed by atoms with Gasteiger partial charge in [0.05, 0.1) is 11.9 Å². The minimum atomic E-state index is -0.671. The Kier molecular flexibility index (Phi) is 4.18. The van der Waals surface area contributed by atoms with Crippen molar-refractivity contribution in [1.29, 1.82) is 0 Å². The molecular formula is C18H20FN5O3. The minimum absolute atomic E-state index is 0.118. The zero-order chi connectivity index (χ0) is 19.2. The van der Waals surface area contributed by atoms with E-state index < -0.39 is 11.8 Å². The SMILES string of the molecule is Cc1cc(F)ccc1-n1cc(C(=O)N2CCC3(CC2)NC(=O)C(C)O3)nn1. The molecule has 2 aliphatic heterocycles. The molecule has 142 valence electrons. The van der Waals surface area contributed by atoms with Crippen LogP contribution in [0.4, 0.5) is 4.39 Å². The van der Waals surface area contributed by atoms with Crippen LogP contribution in [-0.2, 0) is 9.53 Å². The smallest absolute Gasteiger partial charge is 0.276 e. The van der Waals surface area contributed by atoms with Crippen LogP contribution >= 0.6 is 0 Å². The topological polar surface area (TPSA) is 89.4 Å². The number of aromatic nitrogens is 3. The Morgan fingerprint density at radius 3 is 2.74 bits per heavy atom. The summed E-state index contributed by atoms with van der Waals surface area (Å²) < 4.78 is 20.5. The van der Waals surface area contributed by atoms with Crippen LogP contribution in [0.1, 0.15) is 35.8 Å². The van der Waals surface area contributed by atoms with Crippen molar-refractivity contribution in [2.45, 2.75) is 38.5 Å². The van der Waals surface area contributed by atoms with Crippen LogP contribution < -0.4 is 5.32 Å². The quantitative estimate of drug-likeness (QED) is 0.854. The third-order valence-corrected chi connectivity index (χ3v) is 5.10. The highest BCUT2D eigenvalue weighted by Gasteiger charge is 2.46. The van der Waals surface area contributed by atoms with Gasteiger partial charge in [-0.15, -0.1) is 5.10 Å². The normalized spacial score (nSPS) is 21.5. The molecule has 9 heteroatoms. The maximum absolute atomic E-state index is 13.3. The van der Waals surface area contributed by atoms with Crippen LogP contribution in [0.3, 0.4) is 0 Å². The van der Waals surface area contributed by atoms with Crippen LogP contribution in [0.15, 0.2) is 24.4 Å². The van der Waals surface area contributed by atoms with Crippen molar-refractivity contribution in [2.75, 3.05) is 13.1 Å². The maximum atomic E-state index is 13.3. The van der Waals surface area contributed by atoms with E-state index in [2.05, 4.69) is 15.6 Å². The number of carbonyl (C=O) groups is 2. The van der Waals surface area contributed by atoms with Gasteiger partial charge in [0.2, 0.25) is 0 Å². The first kappa shape index (κ1) is 17.6. The van der Waals surface area contributed by atoms with Crippen molar-refractivity contribution in [3.8, 4) is 5.69 Å². The first-order valence-electron chi connectivity index (χ1n) is 8.85. The van der Waals surface area contributed by atoms with Gasteiger partial charge in [0.25, 0.3) is 11.8 Å². The summed E-state index contributed by atoms with van der Waals surface area (Å²) in [6.45, 7) is 4.39. The highest BCUT2D eigenvalue weighted by Crippen LogP contribution is 2.30. The number of aryl methyl sites for hydroxylation is 1. The molecule has 2 aliphatic rings. The molecule has 3 heterocycles. The Hall–Kier alpha value is -2.81. The maximum Gasteiger partial charge on any atom is 0.276 e. The van der Waals surface area contributed by atoms with Crippen LogP contribution in [0, 0.1) is 12.7 Å². The monoisotopic (exact) mass is 373 g/mol. The van der Waals surface area contributed by atoms with Gasteiger partial charge in [-0.1, -0.05) is 5.21 Å². The summed E-state index contributed by atoms with van der Waals surface area (Å²) in [7, 11) is 0. The van der Waals surface area contributed by atoms with Crippen LogP contribution in [-0.4, -0.2) is 56.6 Å². The fraction of sp³-hybridized carbons (Fsp3) is 0.444. The van der Waals surface area contributed by atoms with Gasteiger partial charge >= 0.3 is 0 Å². The average Bonchev–Trinajstić information content (AvgIpc) is 3.21. The van der Waals surface area contributed by atoms with Gasteiger partial charge in [-0.3, -0.25) is 9.59 Å². The molecule has 0 bridgehead atoms. The van der Waals surface area contributed by atoms with E-state index in [0.29, 0.717) is 37.2 Å². The lowest BCUT2D eigenvalue weighted by atomic mass is 10.0. The fourth-order valence-corrected chi connectivity index (χ4v) is 3.58. The van der Waals surface area contributed by atoms with Gasteiger partial charge < -0.3 is 15.0 Å². The highest BCUT2D eigenvalue weighted by atomic mass is 19.1. The molecule has 1 unspecified atom stereocenters. The van der Waals surface area contributed by atoms with Crippen molar-refractivity contribution in [2.24, 2.45) is 0 Å². The van der Waals surface area contributed by atoms with Crippen molar-refractivity contribution in [1.82, 2.24) is 25.2 Å². The van der Waals surface area contributed by atoms with Gasteiger partial charge in [0, 0.05) is 25.9 Å². The largest absolute Gasteiger partial charge is 0.343 e. The lowest BCUT2D eigenvalue weighted by Crippen LogP contribution is -2.53. The summed E-state index contributed by atoms with van der Waals surface area (Å²) in [5, 5.41) is 10.9. The predicted molar refractivity (Wildman–Crippen MR) is 92.6 cm³/mol. The second-order valence-electron chi connectivity index (χ2n) is 7.01. The van der Waals surface area contributed by atoms with E-state index in [4.69, 9.17) is 4.74 Å². The Labute approximate surface area is 155 Å². The summed E-state index contributed by atoms with van der Waals surface area (Å²) >= 11 is 0. The number of nitrogens with one attached hydrogen (secondary N) is 1. The Morgan fingerprint density at radius 1 is 1.37 bits per heavy atom. The first-order chi connectivity index (χ1) is 12.9. The number of hydrogen-bond acceptors (Lipinski definition) is 5. The molecule has 8 nitrogen and oxygen atoms in total. The molecule has 2 aromatic rings. The van der Waals surface area contributed by atoms with Gasteiger partial charge in [-0.05, 0) is 37.6 Å². The molecule has 1 aromatic heterocycles. The van der Waals surface area contributed by atoms with E-state index in [1.165, 1.54) is 16.8 Å². The Balaban J connectivity index is 1.45. The Morgan fingerprint density at radius 2 is 2.11 bits per heavy atom. The minimum Gasteiger partial charge on any atom is -0.343 e. The number of piperidine rings is 1. The van der Waals surface area contributed by atoms with Crippen molar-refractivity contribution < 1.29 is 18.7 Å². The number of nitrogens with zero attached hydrogens (tertiary/aromatic N) is 4. The molecule has 4 rings (SSSR count). The highest BCUT2D eigenvalue weighted by molar-refractivity contribution is 5.92. The third-order valence-electron chi connectivity index (χ3n) is 5.10. The number of amides is 2. The molecule has 1 aromatic carbocycles. The number of rotatable bonds is 2. The van der Waals surface area contributed by atoms with E-state index in [9.17, 15) is 14.0 Å². The molecule has 0 aliphatic carbocycles. The van der Waals surface area contributed by atoms with Gasteiger partial charge in [-0.25, -0.2) is 9.07 Å². The molecule has 1 N–H and O–H groups in total. The van der Waals surface area contributed by atoms with Crippen molar-refractivity contribution in [3.63, 3.8) is 0 Å². The second kappa shape index (κ2) is 6.41. The lowest BCUT2D eigenvalue weighted by molar-refractivity contribution is -0.123. The third kappa shape index (κ3) is 3.18. The molecule has 2 saturated heterocycles. The molecule has 0 radical (unpaired) electrons. The van der Waals surface area contributed by atoms with Crippen molar-refractivity contribution in [3.05, 3.63) is 41.5 Å². The van der Waals surface area contributed by atoms with E-state index in [0.717, 1.165) is 0 Å². The number of hydrogen-bond donors (Lipinski definition) is 1.